The number of carbonyl (C=O) groups is 2. The molecule has 142 valence electrons. The predicted molar refractivity (Wildman–Crippen MR) is 98.2 cm³/mol. The van der Waals surface area contributed by atoms with Crippen LogP contribution in [0.15, 0.2) is 24.4 Å². The number of rotatable bonds is 5. The Hall–Kier alpha value is -1.95. The normalized spacial score (nSPS) is 20.0. The average Bonchev–Trinajstić information content (AvgIpc) is 2.64. The molecule has 0 aliphatic carbocycles. The minimum absolute atomic E-state index is 0.0691. The van der Waals surface area contributed by atoms with Crippen molar-refractivity contribution < 1.29 is 14.3 Å². The topological polar surface area (TPSA) is 62.7 Å². The Morgan fingerprint density at radius 2 is 2.04 bits per heavy atom. The van der Waals surface area contributed by atoms with Crippen molar-refractivity contribution >= 4 is 11.8 Å². The first-order chi connectivity index (χ1) is 12.5. The van der Waals surface area contributed by atoms with E-state index < -0.39 is 0 Å². The maximum atomic E-state index is 12.4. The Balaban J connectivity index is 1.56. The number of pyridine rings is 1. The first kappa shape index (κ1) is 18.8. The van der Waals surface area contributed by atoms with Crippen LogP contribution in [0.25, 0.3) is 0 Å². The first-order valence-corrected chi connectivity index (χ1v) is 9.54. The molecule has 1 spiro atoms. The van der Waals surface area contributed by atoms with Gasteiger partial charge in [0.2, 0.25) is 11.8 Å². The number of hydrogen-bond acceptors (Lipinski definition) is 4. The number of amides is 2. The van der Waals surface area contributed by atoms with Crippen molar-refractivity contribution in [2.45, 2.75) is 52.2 Å². The van der Waals surface area contributed by atoms with Crippen LogP contribution in [0.5, 0.6) is 0 Å². The Kier molecular flexibility index (Phi) is 5.91. The number of carbonyl (C=O) groups excluding carboxylic acids is 2. The molecule has 26 heavy (non-hydrogen) atoms. The number of likely N-dealkylation sites (tertiary alicyclic amines) is 2. The third-order valence-electron chi connectivity index (χ3n) is 5.54. The van der Waals surface area contributed by atoms with Crippen LogP contribution >= 0.6 is 0 Å². The SMILES string of the molecule is CC(C)OCC(=O)N1CCC2(CCC(=O)N(Cc3ccccn3)C2)CC1. The van der Waals surface area contributed by atoms with Gasteiger partial charge in [0.15, 0.2) is 0 Å². The molecule has 0 atom stereocenters. The first-order valence-electron chi connectivity index (χ1n) is 9.54. The van der Waals surface area contributed by atoms with Crippen molar-refractivity contribution in [1.29, 1.82) is 0 Å². The third-order valence-corrected chi connectivity index (χ3v) is 5.54. The van der Waals surface area contributed by atoms with Crippen LogP contribution in [0.1, 0.15) is 45.2 Å². The molecule has 0 saturated carbocycles. The second-order valence-corrected chi connectivity index (χ2v) is 7.81. The quantitative estimate of drug-likeness (QED) is 0.809. The summed E-state index contributed by atoms with van der Waals surface area (Å²) in [6.45, 7) is 6.90. The summed E-state index contributed by atoms with van der Waals surface area (Å²) >= 11 is 0. The van der Waals surface area contributed by atoms with Crippen molar-refractivity contribution in [3.8, 4) is 0 Å². The molecule has 0 N–H and O–H groups in total. The van der Waals surface area contributed by atoms with Gasteiger partial charge in [0.1, 0.15) is 6.61 Å². The molecule has 0 unspecified atom stereocenters. The molecule has 3 heterocycles. The highest BCUT2D eigenvalue weighted by molar-refractivity contribution is 5.78. The summed E-state index contributed by atoms with van der Waals surface area (Å²) in [5.74, 6) is 0.288. The van der Waals surface area contributed by atoms with Crippen LogP contribution in [-0.4, -0.2) is 58.9 Å². The van der Waals surface area contributed by atoms with E-state index >= 15 is 0 Å². The Labute approximate surface area is 155 Å². The fourth-order valence-corrected chi connectivity index (χ4v) is 3.90. The zero-order chi connectivity index (χ0) is 18.6. The van der Waals surface area contributed by atoms with Gasteiger partial charge in [0.05, 0.1) is 18.3 Å². The highest BCUT2D eigenvalue weighted by Gasteiger charge is 2.41. The number of ether oxygens (including phenoxy) is 1. The van der Waals surface area contributed by atoms with Gasteiger partial charge in [-0.15, -0.1) is 0 Å². The summed E-state index contributed by atoms with van der Waals surface area (Å²) in [5, 5.41) is 0. The largest absolute Gasteiger partial charge is 0.369 e. The molecule has 2 amide bonds. The lowest BCUT2D eigenvalue weighted by molar-refractivity contribution is -0.145. The van der Waals surface area contributed by atoms with E-state index in [0.717, 1.165) is 44.6 Å². The minimum Gasteiger partial charge on any atom is -0.369 e. The molecule has 2 aliphatic heterocycles. The van der Waals surface area contributed by atoms with Crippen molar-refractivity contribution in [2.75, 3.05) is 26.2 Å². The predicted octanol–water partition coefficient (Wildman–Crippen LogP) is 2.24. The van der Waals surface area contributed by atoms with Crippen LogP contribution in [0, 0.1) is 5.41 Å². The minimum atomic E-state index is 0.0691. The van der Waals surface area contributed by atoms with Gasteiger partial charge in [0, 0.05) is 32.3 Å². The van der Waals surface area contributed by atoms with Crippen molar-refractivity contribution in [3.63, 3.8) is 0 Å². The highest BCUT2D eigenvalue weighted by atomic mass is 16.5. The van der Waals surface area contributed by atoms with Crippen molar-refractivity contribution in [2.24, 2.45) is 5.41 Å². The molecular weight excluding hydrogens is 330 g/mol. The molecule has 0 radical (unpaired) electrons. The summed E-state index contributed by atoms with van der Waals surface area (Å²) in [5.41, 5.74) is 1.06. The van der Waals surface area contributed by atoms with Gasteiger partial charge in [0.25, 0.3) is 0 Å². The van der Waals surface area contributed by atoms with Gasteiger partial charge in [-0.25, -0.2) is 0 Å². The molecule has 2 fully saturated rings. The molecule has 0 bridgehead atoms. The zero-order valence-electron chi connectivity index (χ0n) is 15.8. The van der Waals surface area contributed by atoms with E-state index in [2.05, 4.69) is 4.98 Å². The van der Waals surface area contributed by atoms with E-state index in [9.17, 15) is 9.59 Å². The van der Waals surface area contributed by atoms with Crippen molar-refractivity contribution in [1.82, 2.24) is 14.8 Å². The fourth-order valence-electron chi connectivity index (χ4n) is 3.90. The van der Waals surface area contributed by atoms with Gasteiger partial charge < -0.3 is 14.5 Å². The van der Waals surface area contributed by atoms with E-state index in [1.54, 1.807) is 6.20 Å². The Morgan fingerprint density at radius 3 is 2.69 bits per heavy atom. The molecular formula is C20H29N3O3. The summed E-state index contributed by atoms with van der Waals surface area (Å²) in [4.78, 5) is 32.8. The number of aromatic nitrogens is 1. The van der Waals surface area contributed by atoms with E-state index in [1.165, 1.54) is 0 Å². The van der Waals surface area contributed by atoms with Crippen molar-refractivity contribution in [3.05, 3.63) is 30.1 Å². The molecule has 6 nitrogen and oxygen atoms in total. The van der Waals surface area contributed by atoms with Gasteiger partial charge >= 0.3 is 0 Å². The summed E-state index contributed by atoms with van der Waals surface area (Å²) < 4.78 is 5.44. The third kappa shape index (κ3) is 4.61. The lowest BCUT2D eigenvalue weighted by Crippen LogP contribution is -2.52. The summed E-state index contributed by atoms with van der Waals surface area (Å²) in [6.07, 6.45) is 5.26. The molecule has 2 aliphatic rings. The van der Waals surface area contributed by atoms with E-state index in [4.69, 9.17) is 4.74 Å². The number of piperidine rings is 2. The molecule has 3 rings (SSSR count). The lowest BCUT2D eigenvalue weighted by Gasteiger charge is -2.47. The van der Waals surface area contributed by atoms with Crippen LogP contribution in [-0.2, 0) is 20.9 Å². The summed E-state index contributed by atoms with van der Waals surface area (Å²) in [7, 11) is 0. The fraction of sp³-hybridized carbons (Fsp3) is 0.650. The van der Waals surface area contributed by atoms with Crippen LogP contribution in [0.3, 0.4) is 0 Å². The molecule has 6 heteroatoms. The van der Waals surface area contributed by atoms with Crippen LogP contribution < -0.4 is 0 Å². The van der Waals surface area contributed by atoms with Gasteiger partial charge in [-0.3, -0.25) is 14.6 Å². The van der Waals surface area contributed by atoms with Gasteiger partial charge in [-0.2, -0.15) is 0 Å². The maximum absolute atomic E-state index is 12.4. The Bertz CT molecular complexity index is 624. The van der Waals surface area contributed by atoms with E-state index in [-0.39, 0.29) is 29.9 Å². The smallest absolute Gasteiger partial charge is 0.248 e. The standard InChI is InChI=1S/C20H29N3O3/c1-16(2)26-14-19(25)22-11-8-20(9-12-22)7-6-18(24)23(15-20)13-17-5-3-4-10-21-17/h3-5,10,16H,6-9,11-15H2,1-2H3. The highest BCUT2D eigenvalue weighted by Crippen LogP contribution is 2.40. The van der Waals surface area contributed by atoms with Crippen LogP contribution in [0.4, 0.5) is 0 Å². The average molecular weight is 359 g/mol. The molecule has 1 aromatic heterocycles. The lowest BCUT2D eigenvalue weighted by atomic mass is 9.72. The summed E-state index contributed by atoms with van der Waals surface area (Å²) in [6, 6.07) is 5.80. The second-order valence-electron chi connectivity index (χ2n) is 7.81. The maximum Gasteiger partial charge on any atom is 0.248 e. The van der Waals surface area contributed by atoms with Crippen LogP contribution in [0.2, 0.25) is 0 Å². The van der Waals surface area contributed by atoms with Gasteiger partial charge in [-0.1, -0.05) is 6.07 Å². The number of nitrogens with zero attached hydrogens (tertiary/aromatic N) is 3. The van der Waals surface area contributed by atoms with Gasteiger partial charge in [-0.05, 0) is 50.7 Å². The van der Waals surface area contributed by atoms with E-state index in [1.807, 2.05) is 41.8 Å². The zero-order valence-corrected chi connectivity index (χ0v) is 15.8. The van der Waals surface area contributed by atoms with E-state index in [0.29, 0.717) is 13.0 Å². The monoisotopic (exact) mass is 359 g/mol. The number of hydrogen-bond donors (Lipinski definition) is 0. The molecule has 1 aromatic rings. The second kappa shape index (κ2) is 8.16. The molecule has 2 saturated heterocycles. The molecule has 0 aromatic carbocycles. The Morgan fingerprint density at radius 1 is 1.27 bits per heavy atom.